The lowest BCUT2D eigenvalue weighted by atomic mass is 9.72. The van der Waals surface area contributed by atoms with Crippen LogP contribution in [0.5, 0.6) is 0 Å². The highest BCUT2D eigenvalue weighted by Gasteiger charge is 2.56. The Labute approximate surface area is 236 Å². The number of aliphatic hydroxyl groups is 8. The average Bonchev–Trinajstić information content (AvgIpc) is 2.92. The summed E-state index contributed by atoms with van der Waals surface area (Å²) in [5, 5.41) is 72.1. The Morgan fingerprint density at radius 2 is 1.49 bits per heavy atom. The Balaban J connectivity index is 1.54. The number of hydrogen-bond acceptors (Lipinski definition) is 13. The van der Waals surface area contributed by atoms with Gasteiger partial charge in [0.05, 0.1) is 30.3 Å². The summed E-state index contributed by atoms with van der Waals surface area (Å²) < 4.78 is 32.8. The Morgan fingerprint density at radius 3 is 2.10 bits per heavy atom. The molecule has 0 aromatic carbocycles. The maximum Gasteiger partial charge on any atom is 0.317 e. The number of carboxylic acid groups (broad SMARTS) is 1. The predicted octanol–water partition coefficient (Wildman–Crippen LogP) is -3.20. The molecule has 2 saturated heterocycles. The van der Waals surface area contributed by atoms with E-state index in [1.807, 2.05) is 0 Å². The van der Waals surface area contributed by atoms with Crippen molar-refractivity contribution in [3.05, 3.63) is 0 Å². The SMILES string of the molecule is COC1CC(C2[OH+]C3CC(O)CC(O)C3CC2OC2OC(COC(=O)CC(=O)O)C(O)C(O)C2O)CC(OC)C1O. The van der Waals surface area contributed by atoms with E-state index in [1.165, 1.54) is 14.2 Å². The summed E-state index contributed by atoms with van der Waals surface area (Å²) >= 11 is 0. The molecular weight excluding hydrogens is 552 g/mol. The number of carboxylic acids is 1. The molecule has 2 saturated carbocycles. The first kappa shape index (κ1) is 32.4. The second-order valence-corrected chi connectivity index (χ2v) is 11.5. The van der Waals surface area contributed by atoms with Crippen LogP contribution in [-0.2, 0) is 33.3 Å². The van der Waals surface area contributed by atoms with Gasteiger partial charge in [0.2, 0.25) is 0 Å². The number of aliphatic hydroxyl groups excluding tert-OH is 6. The van der Waals surface area contributed by atoms with Gasteiger partial charge in [-0.15, -0.1) is 0 Å². The fraction of sp³-hybridized carbons (Fsp3) is 0.923. The lowest BCUT2D eigenvalue weighted by Gasteiger charge is -2.49. The molecule has 2 aliphatic carbocycles. The molecule has 13 atom stereocenters. The molecule has 13 unspecified atom stereocenters. The second-order valence-electron chi connectivity index (χ2n) is 11.5. The van der Waals surface area contributed by atoms with Crippen LogP contribution in [0.1, 0.15) is 38.5 Å². The van der Waals surface area contributed by atoms with Crippen LogP contribution in [0.3, 0.4) is 0 Å². The van der Waals surface area contributed by atoms with E-state index < -0.39 is 98.4 Å². The number of carbonyl (C=O) groups is 2. The molecule has 4 fully saturated rings. The zero-order chi connectivity index (χ0) is 30.0. The minimum atomic E-state index is -1.74. The summed E-state index contributed by atoms with van der Waals surface area (Å²) in [6, 6.07) is 0. The number of rotatable bonds is 9. The van der Waals surface area contributed by atoms with Crippen LogP contribution in [0.4, 0.5) is 0 Å². The van der Waals surface area contributed by atoms with Gasteiger partial charge in [0.1, 0.15) is 49.7 Å². The molecule has 0 aromatic rings. The van der Waals surface area contributed by atoms with Gasteiger partial charge in [-0.2, -0.15) is 0 Å². The van der Waals surface area contributed by atoms with Gasteiger partial charge in [-0.1, -0.05) is 0 Å². The highest BCUT2D eigenvalue weighted by molar-refractivity contribution is 5.90. The van der Waals surface area contributed by atoms with Crippen molar-refractivity contribution in [3.63, 3.8) is 0 Å². The van der Waals surface area contributed by atoms with Crippen molar-refractivity contribution in [3.8, 4) is 0 Å². The molecule has 0 aromatic heterocycles. The van der Waals surface area contributed by atoms with Crippen molar-refractivity contribution in [2.45, 2.75) is 118 Å². The van der Waals surface area contributed by atoms with Gasteiger partial charge >= 0.3 is 11.9 Å². The molecular formula is C26H43O15+. The first-order valence-electron chi connectivity index (χ1n) is 14.0. The lowest BCUT2D eigenvalue weighted by molar-refractivity contribution is -0.357. The lowest BCUT2D eigenvalue weighted by Crippen LogP contribution is -2.63. The normalized spacial score (nSPS) is 46.9. The van der Waals surface area contributed by atoms with E-state index in [-0.39, 0.29) is 30.8 Å². The molecule has 0 spiro atoms. The van der Waals surface area contributed by atoms with E-state index in [0.29, 0.717) is 19.3 Å². The van der Waals surface area contributed by atoms with Crippen molar-refractivity contribution in [2.75, 3.05) is 20.8 Å². The van der Waals surface area contributed by atoms with E-state index >= 15 is 0 Å². The highest BCUT2D eigenvalue weighted by atomic mass is 16.7. The van der Waals surface area contributed by atoms with Gasteiger partial charge in [-0.05, 0) is 19.3 Å². The van der Waals surface area contributed by atoms with Crippen LogP contribution in [0.25, 0.3) is 0 Å². The summed E-state index contributed by atoms with van der Waals surface area (Å²) in [4.78, 5) is 22.5. The topological polar surface area (TPSA) is 235 Å². The summed E-state index contributed by atoms with van der Waals surface area (Å²) in [6.07, 6.45) is -12.4. The van der Waals surface area contributed by atoms with Crippen LogP contribution in [-0.4, -0.2) is 153 Å². The molecule has 2 aliphatic heterocycles. The van der Waals surface area contributed by atoms with Crippen molar-refractivity contribution in [2.24, 2.45) is 11.8 Å². The quantitative estimate of drug-likeness (QED) is 0.0790. The summed E-state index contributed by atoms with van der Waals surface area (Å²) in [5.41, 5.74) is 0. The molecule has 4 aliphatic rings. The van der Waals surface area contributed by atoms with Crippen molar-refractivity contribution in [1.82, 2.24) is 0 Å². The van der Waals surface area contributed by atoms with Crippen LogP contribution in [0.2, 0.25) is 0 Å². The van der Waals surface area contributed by atoms with Crippen LogP contribution in [0.15, 0.2) is 0 Å². The Bertz CT molecular complexity index is 875. The Kier molecular flexibility index (Phi) is 11.0. The Morgan fingerprint density at radius 1 is 0.829 bits per heavy atom. The fourth-order valence-electron chi connectivity index (χ4n) is 6.68. The zero-order valence-electron chi connectivity index (χ0n) is 23.0. The highest BCUT2D eigenvalue weighted by Crippen LogP contribution is 2.42. The summed E-state index contributed by atoms with van der Waals surface area (Å²) in [7, 11) is 2.97. The van der Waals surface area contributed by atoms with E-state index in [0.717, 1.165) is 0 Å². The summed E-state index contributed by atoms with van der Waals surface area (Å²) in [5.74, 6) is -3.05. The van der Waals surface area contributed by atoms with E-state index in [1.54, 1.807) is 0 Å². The van der Waals surface area contributed by atoms with Crippen molar-refractivity contribution >= 4 is 11.9 Å². The number of fused-ring (bicyclic) bond motifs is 1. The number of aliphatic carboxylic acids is 1. The van der Waals surface area contributed by atoms with Crippen molar-refractivity contribution in [1.29, 1.82) is 0 Å². The van der Waals surface area contributed by atoms with Gasteiger partial charge in [0.15, 0.2) is 18.5 Å². The van der Waals surface area contributed by atoms with Crippen LogP contribution >= 0.6 is 0 Å². The molecule has 8 N–H and O–H groups in total. The standard InChI is InChI=1S/C26H42O15/c1-36-15-3-10(4-16(37-2)21(15)32)25-17(7-12-13(28)5-11(27)6-14(12)39-25)40-26-24(35)23(34)22(33)18(41-26)9-38-20(31)8-19(29)30/h10-18,21-28,32-35H,3-9H2,1-2H3,(H,29,30)/p+1. The average molecular weight is 596 g/mol. The fourth-order valence-corrected chi connectivity index (χ4v) is 6.68. The molecule has 15 heteroatoms. The van der Waals surface area contributed by atoms with Gasteiger partial charge in [-0.25, -0.2) is 0 Å². The molecule has 0 radical (unpaired) electrons. The minimum Gasteiger partial charge on any atom is -0.481 e. The first-order chi connectivity index (χ1) is 19.4. The number of methoxy groups -OCH3 is 2. The third-order valence-electron chi connectivity index (χ3n) is 8.87. The van der Waals surface area contributed by atoms with Gasteiger partial charge in [-0.3, -0.25) is 9.59 Å². The predicted molar refractivity (Wildman–Crippen MR) is 134 cm³/mol. The molecule has 0 amide bonds. The van der Waals surface area contributed by atoms with Crippen molar-refractivity contribution < 1.29 is 73.8 Å². The number of carbonyl (C=O) groups excluding carboxylic acids is 1. The third kappa shape index (κ3) is 7.36. The number of esters is 1. The molecule has 236 valence electrons. The number of ether oxygens (including phenoxy) is 6. The van der Waals surface area contributed by atoms with E-state index in [4.69, 9.17) is 33.5 Å². The molecule has 41 heavy (non-hydrogen) atoms. The minimum absolute atomic E-state index is 0.179. The van der Waals surface area contributed by atoms with E-state index in [2.05, 4.69) is 0 Å². The van der Waals surface area contributed by atoms with E-state index in [9.17, 15) is 40.2 Å². The molecule has 0 bridgehead atoms. The molecule has 2 heterocycles. The van der Waals surface area contributed by atoms with Gasteiger partial charge in [0.25, 0.3) is 0 Å². The Hall–Kier alpha value is -1.50. The maximum atomic E-state index is 11.7. The summed E-state index contributed by atoms with van der Waals surface area (Å²) in [6.45, 7) is -0.595. The second kappa shape index (κ2) is 13.9. The first-order valence-corrected chi connectivity index (χ1v) is 14.0. The third-order valence-corrected chi connectivity index (χ3v) is 8.87. The van der Waals surface area contributed by atoms with Crippen LogP contribution < -0.4 is 0 Å². The maximum absolute atomic E-state index is 11.7. The molecule has 4 rings (SSSR count). The van der Waals surface area contributed by atoms with Gasteiger partial charge < -0.3 is 64.2 Å². The van der Waals surface area contributed by atoms with Crippen LogP contribution in [0, 0.1) is 11.8 Å². The molecule has 15 nitrogen and oxygen atoms in total. The smallest absolute Gasteiger partial charge is 0.317 e. The van der Waals surface area contributed by atoms with Gasteiger partial charge in [0, 0.05) is 33.0 Å². The number of hydrogen-bond donors (Lipinski definition) is 7. The largest absolute Gasteiger partial charge is 0.481 e. The zero-order valence-corrected chi connectivity index (χ0v) is 23.0. The monoisotopic (exact) mass is 595 g/mol.